The lowest BCUT2D eigenvalue weighted by molar-refractivity contribution is -0.138. The monoisotopic (exact) mass is 506 g/mol. The Morgan fingerprint density at radius 2 is 1.81 bits per heavy atom. The number of pyridine rings is 1. The topological polar surface area (TPSA) is 85.8 Å². The number of carbonyl (C=O) groups is 3. The van der Waals surface area contributed by atoms with Crippen molar-refractivity contribution < 1.29 is 37.0 Å². The van der Waals surface area contributed by atoms with Gasteiger partial charge in [-0.1, -0.05) is 6.92 Å². The van der Waals surface area contributed by atoms with Crippen LogP contribution in [-0.2, 0) is 15.7 Å². The normalized spacial score (nSPS) is 18.0. The number of esters is 1. The van der Waals surface area contributed by atoms with Crippen LogP contribution in [0.15, 0.2) is 30.5 Å². The van der Waals surface area contributed by atoms with E-state index < -0.39 is 23.6 Å². The molecule has 1 saturated carbocycles. The Hall–Kier alpha value is -3.43. The molecule has 1 amide bonds. The van der Waals surface area contributed by atoms with Crippen LogP contribution in [0.2, 0.25) is 0 Å². The smallest absolute Gasteiger partial charge is 0.421 e. The van der Waals surface area contributed by atoms with Crippen LogP contribution >= 0.6 is 0 Å². The van der Waals surface area contributed by atoms with E-state index in [9.17, 15) is 27.6 Å². The summed E-state index contributed by atoms with van der Waals surface area (Å²) < 4.78 is 50.9. The standard InChI is InChI=1S/C26H29F3N2O5/c1-15(2)31(24(33)18-7-5-16(3)6-8-18)22-10-9-19(12-20(22)25(34)35-4)36-23-21(26(27,28)29)11-17(14-32)13-30-23/h9-16,18H,5-8H2,1-4H3. The maximum atomic E-state index is 13.5. The van der Waals surface area contributed by atoms with Crippen molar-refractivity contribution in [2.45, 2.75) is 58.7 Å². The molecule has 1 aliphatic rings. The predicted octanol–water partition coefficient (Wildman–Crippen LogP) is 6.06. The Morgan fingerprint density at radius 3 is 2.36 bits per heavy atom. The van der Waals surface area contributed by atoms with E-state index in [2.05, 4.69) is 11.9 Å². The minimum atomic E-state index is -4.83. The third-order valence-electron chi connectivity index (χ3n) is 6.28. The van der Waals surface area contributed by atoms with Gasteiger partial charge in [-0.3, -0.25) is 9.59 Å². The van der Waals surface area contributed by atoms with Crippen LogP contribution in [0.1, 0.15) is 72.7 Å². The van der Waals surface area contributed by atoms with E-state index in [4.69, 9.17) is 9.47 Å². The fourth-order valence-corrected chi connectivity index (χ4v) is 4.35. The second-order valence-electron chi connectivity index (χ2n) is 9.27. The lowest BCUT2D eigenvalue weighted by atomic mass is 9.82. The number of rotatable bonds is 7. The molecule has 7 nitrogen and oxygen atoms in total. The number of aldehydes is 1. The highest BCUT2D eigenvalue weighted by molar-refractivity contribution is 6.04. The number of halogens is 3. The van der Waals surface area contributed by atoms with Gasteiger partial charge in [-0.05, 0) is 69.7 Å². The number of aromatic nitrogens is 1. The molecule has 1 aliphatic carbocycles. The average Bonchev–Trinajstić information content (AvgIpc) is 2.84. The highest BCUT2D eigenvalue weighted by atomic mass is 19.4. The Kier molecular flexibility index (Phi) is 8.37. The quantitative estimate of drug-likeness (QED) is 0.335. The second-order valence-corrected chi connectivity index (χ2v) is 9.27. The Labute approximate surface area is 207 Å². The van der Waals surface area contributed by atoms with Crippen molar-refractivity contribution in [3.63, 3.8) is 0 Å². The number of nitrogens with zero attached hydrogens (tertiary/aromatic N) is 2. The van der Waals surface area contributed by atoms with Crippen molar-refractivity contribution in [1.29, 1.82) is 0 Å². The van der Waals surface area contributed by atoms with Crippen LogP contribution in [0, 0.1) is 11.8 Å². The fraction of sp³-hybridized carbons (Fsp3) is 0.462. The molecule has 0 atom stereocenters. The van der Waals surface area contributed by atoms with Gasteiger partial charge in [0.25, 0.3) is 0 Å². The number of benzene rings is 1. The fourth-order valence-electron chi connectivity index (χ4n) is 4.35. The van der Waals surface area contributed by atoms with Gasteiger partial charge in [-0.25, -0.2) is 9.78 Å². The summed E-state index contributed by atoms with van der Waals surface area (Å²) in [6, 6.07) is 4.39. The number of anilines is 1. The number of hydrogen-bond acceptors (Lipinski definition) is 6. The van der Waals surface area contributed by atoms with E-state index in [1.54, 1.807) is 0 Å². The summed E-state index contributed by atoms with van der Waals surface area (Å²) in [5, 5.41) is 0. The van der Waals surface area contributed by atoms with Gasteiger partial charge in [-0.2, -0.15) is 13.2 Å². The summed E-state index contributed by atoms with van der Waals surface area (Å²) in [7, 11) is 1.17. The predicted molar refractivity (Wildman–Crippen MR) is 126 cm³/mol. The van der Waals surface area contributed by atoms with Crippen molar-refractivity contribution >= 4 is 23.9 Å². The summed E-state index contributed by atoms with van der Waals surface area (Å²) >= 11 is 0. The Bertz CT molecular complexity index is 1130. The number of hydrogen-bond donors (Lipinski definition) is 0. The molecule has 1 heterocycles. The summed E-state index contributed by atoms with van der Waals surface area (Å²) in [4.78, 5) is 42.2. The first-order chi connectivity index (χ1) is 17.0. The molecule has 0 unspecified atom stereocenters. The SMILES string of the molecule is COC(=O)c1cc(Oc2ncc(C=O)cc2C(F)(F)F)ccc1N(C(=O)C1CCC(C)CC1)C(C)C. The molecule has 0 bridgehead atoms. The number of ether oxygens (including phenoxy) is 2. The van der Waals surface area contributed by atoms with E-state index >= 15 is 0 Å². The van der Waals surface area contributed by atoms with Crippen molar-refractivity contribution in [3.05, 3.63) is 47.2 Å². The number of alkyl halides is 3. The molecule has 10 heteroatoms. The third kappa shape index (κ3) is 6.03. The molecular formula is C26H29F3N2O5. The van der Waals surface area contributed by atoms with Crippen molar-refractivity contribution in [3.8, 4) is 11.6 Å². The highest BCUT2D eigenvalue weighted by Crippen LogP contribution is 2.39. The number of amides is 1. The minimum absolute atomic E-state index is 0.0284. The first-order valence-electron chi connectivity index (χ1n) is 11.7. The van der Waals surface area contributed by atoms with E-state index in [-0.39, 0.29) is 46.7 Å². The summed E-state index contributed by atoms with van der Waals surface area (Å²) in [5.74, 6) is -1.39. The third-order valence-corrected chi connectivity index (χ3v) is 6.28. The van der Waals surface area contributed by atoms with Crippen LogP contribution in [0.4, 0.5) is 18.9 Å². The van der Waals surface area contributed by atoms with Gasteiger partial charge in [0.1, 0.15) is 11.3 Å². The molecule has 0 aliphatic heterocycles. The lowest BCUT2D eigenvalue weighted by Gasteiger charge is -2.34. The molecule has 1 aromatic carbocycles. The van der Waals surface area contributed by atoms with Gasteiger partial charge in [0, 0.05) is 23.7 Å². The lowest BCUT2D eigenvalue weighted by Crippen LogP contribution is -2.43. The zero-order valence-electron chi connectivity index (χ0n) is 20.6. The largest absolute Gasteiger partial charge is 0.465 e. The van der Waals surface area contributed by atoms with Crippen molar-refractivity contribution in [1.82, 2.24) is 4.98 Å². The van der Waals surface area contributed by atoms with Gasteiger partial charge in [-0.15, -0.1) is 0 Å². The molecule has 0 spiro atoms. The summed E-state index contributed by atoms with van der Waals surface area (Å²) in [6.45, 7) is 5.80. The zero-order chi connectivity index (χ0) is 26.6. The molecule has 0 saturated heterocycles. The Balaban J connectivity index is 2.01. The van der Waals surface area contributed by atoms with Crippen LogP contribution in [0.25, 0.3) is 0 Å². The summed E-state index contributed by atoms with van der Waals surface area (Å²) in [5.41, 5.74) is -1.24. The van der Waals surface area contributed by atoms with Crippen molar-refractivity contribution in [2.75, 3.05) is 12.0 Å². The molecule has 194 valence electrons. The maximum Gasteiger partial charge on any atom is 0.421 e. The first-order valence-corrected chi connectivity index (χ1v) is 11.7. The molecular weight excluding hydrogens is 477 g/mol. The molecule has 2 aromatic rings. The van der Waals surface area contributed by atoms with E-state index in [0.717, 1.165) is 31.9 Å². The number of carbonyl (C=O) groups excluding carboxylic acids is 3. The van der Waals surface area contributed by atoms with E-state index in [1.807, 2.05) is 13.8 Å². The zero-order valence-corrected chi connectivity index (χ0v) is 20.6. The van der Waals surface area contributed by atoms with Gasteiger partial charge >= 0.3 is 12.1 Å². The molecule has 1 aromatic heterocycles. The van der Waals surface area contributed by atoms with Crippen LogP contribution in [0.3, 0.4) is 0 Å². The van der Waals surface area contributed by atoms with Gasteiger partial charge in [0.05, 0.1) is 18.4 Å². The molecule has 0 N–H and O–H groups in total. The van der Waals surface area contributed by atoms with E-state index in [1.165, 1.54) is 30.2 Å². The van der Waals surface area contributed by atoms with Gasteiger partial charge in [0.2, 0.25) is 11.8 Å². The second kappa shape index (κ2) is 11.1. The minimum Gasteiger partial charge on any atom is -0.465 e. The van der Waals surface area contributed by atoms with Crippen LogP contribution in [-0.4, -0.2) is 36.3 Å². The van der Waals surface area contributed by atoms with Gasteiger partial charge < -0.3 is 14.4 Å². The highest BCUT2D eigenvalue weighted by Gasteiger charge is 2.36. The van der Waals surface area contributed by atoms with Crippen LogP contribution in [0.5, 0.6) is 11.6 Å². The molecule has 0 radical (unpaired) electrons. The first kappa shape index (κ1) is 27.2. The van der Waals surface area contributed by atoms with Crippen LogP contribution < -0.4 is 9.64 Å². The summed E-state index contributed by atoms with van der Waals surface area (Å²) in [6.07, 6.45) is -0.239. The van der Waals surface area contributed by atoms with Gasteiger partial charge in [0.15, 0.2) is 6.29 Å². The molecule has 36 heavy (non-hydrogen) atoms. The van der Waals surface area contributed by atoms with Crippen molar-refractivity contribution in [2.24, 2.45) is 11.8 Å². The molecule has 1 fully saturated rings. The van der Waals surface area contributed by atoms with E-state index in [0.29, 0.717) is 12.0 Å². The number of methoxy groups -OCH3 is 1. The average molecular weight is 507 g/mol. The Morgan fingerprint density at radius 1 is 1.14 bits per heavy atom. The maximum absolute atomic E-state index is 13.5. The molecule has 3 rings (SSSR count).